The molecule has 0 aliphatic carbocycles. The van der Waals surface area contributed by atoms with Gasteiger partial charge >= 0.3 is 0 Å². The van der Waals surface area contributed by atoms with Crippen molar-refractivity contribution in [3.05, 3.63) is 98.6 Å². The molecular formula is C20H12NO+. The van der Waals surface area contributed by atoms with Gasteiger partial charge in [0.15, 0.2) is 0 Å². The smallest absolute Gasteiger partial charge is 0.131 e. The number of aliphatic hydroxyl groups is 1. The van der Waals surface area contributed by atoms with Crippen molar-refractivity contribution < 1.29 is 10.8 Å². The fourth-order valence-corrected chi connectivity index (χ4v) is 0.715. The van der Waals surface area contributed by atoms with Crippen LogP contribution in [0.4, 0.5) is 0 Å². The molecule has 0 saturated heterocycles. The third-order valence-corrected chi connectivity index (χ3v) is 1.75. The first-order valence-electron chi connectivity index (χ1n) is 6.05. The van der Waals surface area contributed by atoms with Gasteiger partial charge in [0, 0.05) is 6.08 Å². The molecule has 4 N–H and O–H groups in total. The largest absolute Gasteiger partial charge is 0.382 e. The van der Waals surface area contributed by atoms with Crippen LogP contribution in [0.5, 0.6) is 0 Å². The SMILES string of the molecule is C=C=C=C=C=C=C=C=C=C=C=C=C=C=C=C=C[C@H](O)[C@H](C)[NH3+]. The third-order valence-electron chi connectivity index (χ3n) is 1.75. The maximum absolute atomic E-state index is 9.38. The fourth-order valence-electron chi connectivity index (χ4n) is 0.715. The Morgan fingerprint density at radius 1 is 0.773 bits per heavy atom. The minimum atomic E-state index is -0.659. The van der Waals surface area contributed by atoms with E-state index in [0.29, 0.717) is 0 Å². The second-order valence-corrected chi connectivity index (χ2v) is 3.58. The molecule has 0 aromatic heterocycles. The molecule has 0 radical (unpaired) electrons. The van der Waals surface area contributed by atoms with E-state index in [2.05, 4.69) is 98.3 Å². The fraction of sp³-hybridized carbons (Fsp3) is 0.150. The van der Waals surface area contributed by atoms with Gasteiger partial charge in [0.1, 0.15) is 12.1 Å². The van der Waals surface area contributed by atoms with Crippen molar-refractivity contribution >= 4 is 0 Å². The van der Waals surface area contributed by atoms with Crippen LogP contribution in [-0.2, 0) is 0 Å². The molecule has 102 valence electrons. The molecule has 0 aromatic rings. The van der Waals surface area contributed by atoms with E-state index in [9.17, 15) is 5.11 Å². The topological polar surface area (TPSA) is 47.9 Å². The summed E-state index contributed by atoms with van der Waals surface area (Å²) in [6, 6.07) is -0.115. The molecule has 0 spiro atoms. The van der Waals surface area contributed by atoms with E-state index in [4.69, 9.17) is 0 Å². The molecular weight excluding hydrogens is 270 g/mol. The molecule has 0 aliphatic rings. The zero-order valence-corrected chi connectivity index (χ0v) is 12.1. The van der Waals surface area contributed by atoms with Crippen LogP contribution < -0.4 is 5.73 Å². The Bertz CT molecular complexity index is 962. The van der Waals surface area contributed by atoms with E-state index >= 15 is 0 Å². The summed E-state index contributed by atoms with van der Waals surface area (Å²) in [5.74, 6) is 0. The monoisotopic (exact) mass is 282 g/mol. The number of hydrogen-bond acceptors (Lipinski definition) is 1. The average molecular weight is 282 g/mol. The van der Waals surface area contributed by atoms with E-state index in [1.54, 1.807) is 6.92 Å². The lowest BCUT2D eigenvalue weighted by Gasteiger charge is -2.02. The summed E-state index contributed by atoms with van der Waals surface area (Å²) in [7, 11) is 0. The molecule has 0 aliphatic heterocycles. The van der Waals surface area contributed by atoms with Crippen molar-refractivity contribution in [2.24, 2.45) is 0 Å². The molecule has 0 saturated carbocycles. The second kappa shape index (κ2) is 13.8. The summed E-state index contributed by atoms with van der Waals surface area (Å²) in [5, 5.41) is 9.38. The first-order valence-corrected chi connectivity index (χ1v) is 6.05. The molecule has 2 atom stereocenters. The molecule has 0 amide bonds. The highest BCUT2D eigenvalue weighted by Gasteiger charge is 2.06. The van der Waals surface area contributed by atoms with Crippen LogP contribution in [0.1, 0.15) is 6.92 Å². The maximum atomic E-state index is 9.38. The first kappa shape index (κ1) is 18.4. The summed E-state index contributed by atoms with van der Waals surface area (Å²) in [6.07, 6.45) is 0.780. The molecule has 0 rings (SSSR count). The Hall–Kier alpha value is -3.64. The Morgan fingerprint density at radius 3 is 1.50 bits per heavy atom. The molecule has 2 nitrogen and oxygen atoms in total. The molecule has 2 heteroatoms. The zero-order valence-electron chi connectivity index (χ0n) is 12.1. The Labute approximate surface area is 129 Å². The van der Waals surface area contributed by atoms with Crippen molar-refractivity contribution in [2.45, 2.75) is 19.1 Å². The van der Waals surface area contributed by atoms with Gasteiger partial charge in [0.2, 0.25) is 0 Å². The number of aliphatic hydroxyl groups excluding tert-OH is 1. The predicted molar refractivity (Wildman–Crippen MR) is 81.2 cm³/mol. The van der Waals surface area contributed by atoms with E-state index in [-0.39, 0.29) is 6.04 Å². The standard InChI is InChI=1S/C20H11NO/c1-3-4-5-6-7-8-9-10-11-12-13-14-15-16-17-18-20(22)19(2)21/h18-20,22H,1,21H2,2H3/p+1/t19-,20-/m0/s1. The van der Waals surface area contributed by atoms with E-state index < -0.39 is 6.10 Å². The number of quaternary nitrogens is 1. The Morgan fingerprint density at radius 2 is 1.14 bits per heavy atom. The molecule has 0 aromatic carbocycles. The number of rotatable bonds is 2. The van der Waals surface area contributed by atoms with Crippen molar-refractivity contribution in [3.63, 3.8) is 0 Å². The molecule has 0 fully saturated rings. The van der Waals surface area contributed by atoms with Crippen molar-refractivity contribution in [1.82, 2.24) is 0 Å². The van der Waals surface area contributed by atoms with Crippen LogP contribution in [-0.4, -0.2) is 17.3 Å². The van der Waals surface area contributed by atoms with Crippen molar-refractivity contribution in [2.75, 3.05) is 0 Å². The molecule has 0 unspecified atom stereocenters. The minimum absolute atomic E-state index is 0.115. The van der Waals surface area contributed by atoms with Gasteiger partial charge in [-0.1, -0.05) is 11.5 Å². The van der Waals surface area contributed by atoms with Crippen LogP contribution in [0.3, 0.4) is 0 Å². The lowest BCUT2D eigenvalue weighted by molar-refractivity contribution is -0.427. The summed E-state index contributed by atoms with van der Waals surface area (Å²) < 4.78 is 0. The van der Waals surface area contributed by atoms with Gasteiger partial charge in [-0.05, 0) is 88.0 Å². The van der Waals surface area contributed by atoms with Crippen LogP contribution in [0.15, 0.2) is 98.6 Å². The summed E-state index contributed by atoms with van der Waals surface area (Å²) in [6.45, 7) is 5.09. The van der Waals surface area contributed by atoms with Crippen molar-refractivity contribution in [3.8, 4) is 0 Å². The quantitative estimate of drug-likeness (QED) is 0.741. The van der Waals surface area contributed by atoms with Crippen LogP contribution in [0, 0.1) is 0 Å². The predicted octanol–water partition coefficient (Wildman–Crippen LogP) is 1.49. The van der Waals surface area contributed by atoms with Gasteiger partial charge in [0.25, 0.3) is 0 Å². The van der Waals surface area contributed by atoms with Gasteiger partial charge in [-0.2, -0.15) is 0 Å². The molecule has 22 heavy (non-hydrogen) atoms. The zero-order chi connectivity index (χ0) is 16.5. The molecule has 0 heterocycles. The Kier molecular flexibility index (Phi) is 11.5. The average Bonchev–Trinajstić information content (AvgIpc) is 2.50. The normalized spacial score (nSPS) is 8.50. The minimum Gasteiger partial charge on any atom is -0.382 e. The lowest BCUT2D eigenvalue weighted by Crippen LogP contribution is -2.64. The maximum Gasteiger partial charge on any atom is 0.131 e. The highest BCUT2D eigenvalue weighted by atomic mass is 16.3. The van der Waals surface area contributed by atoms with E-state index in [1.165, 1.54) is 6.08 Å². The van der Waals surface area contributed by atoms with Gasteiger partial charge in [-0.25, -0.2) is 0 Å². The highest BCUT2D eigenvalue weighted by molar-refractivity contribution is 4.94. The van der Waals surface area contributed by atoms with Crippen LogP contribution in [0.25, 0.3) is 0 Å². The Balaban J connectivity index is 5.49. The summed E-state index contributed by atoms with van der Waals surface area (Å²) in [4.78, 5) is 0. The third kappa shape index (κ3) is 12.8. The van der Waals surface area contributed by atoms with Crippen molar-refractivity contribution in [1.29, 1.82) is 0 Å². The second-order valence-electron chi connectivity index (χ2n) is 3.58. The van der Waals surface area contributed by atoms with Crippen LogP contribution >= 0.6 is 0 Å². The van der Waals surface area contributed by atoms with E-state index in [1.807, 2.05) is 0 Å². The van der Waals surface area contributed by atoms with Crippen LogP contribution in [0.2, 0.25) is 0 Å². The lowest BCUT2D eigenvalue weighted by atomic mass is 10.2. The highest BCUT2D eigenvalue weighted by Crippen LogP contribution is 1.86. The first-order chi connectivity index (χ1) is 10.7. The van der Waals surface area contributed by atoms with E-state index in [0.717, 1.165) is 0 Å². The molecule has 0 bridgehead atoms. The van der Waals surface area contributed by atoms with Gasteiger partial charge < -0.3 is 10.8 Å². The van der Waals surface area contributed by atoms with Gasteiger partial charge in [-0.15, -0.1) is 0 Å². The number of hydrogen-bond donors (Lipinski definition) is 2. The van der Waals surface area contributed by atoms with Gasteiger partial charge in [0.05, 0.1) is 0 Å². The summed E-state index contributed by atoms with van der Waals surface area (Å²) in [5.41, 5.74) is 41.0. The summed E-state index contributed by atoms with van der Waals surface area (Å²) >= 11 is 0. The van der Waals surface area contributed by atoms with Gasteiger partial charge in [-0.3, -0.25) is 0 Å².